The summed E-state index contributed by atoms with van der Waals surface area (Å²) in [5, 5.41) is 0.273. The minimum atomic E-state index is -1.64. The van der Waals surface area contributed by atoms with Crippen LogP contribution in [0.2, 0.25) is 18.1 Å². The molecule has 0 bridgehead atoms. The van der Waals surface area contributed by atoms with Crippen LogP contribution in [0.1, 0.15) is 68.2 Å². The molecule has 0 rings (SSSR count). The summed E-state index contributed by atoms with van der Waals surface area (Å²) in [7, 11) is -1.64. The van der Waals surface area contributed by atoms with Gasteiger partial charge in [0, 0.05) is 0 Å². The Labute approximate surface area is 176 Å². The summed E-state index contributed by atoms with van der Waals surface area (Å²) in [4.78, 5) is 0. The zero-order chi connectivity index (χ0) is 21.8. The standard InChI is InChI=1S/C26H44OSi/c1-22(2)14-11-15-23(3)16-12-17-24(4)18-13-19-25(5)20-21-27-28(9,10)26(6,7)8/h11-12,14-18,20H,13,19,21H2,1-10H3/b15-11+,17-12+,23-16+,24-18+,25-20+. The van der Waals surface area contributed by atoms with Gasteiger partial charge in [0.1, 0.15) is 0 Å². The van der Waals surface area contributed by atoms with Crippen molar-refractivity contribution in [3.8, 4) is 0 Å². The SMILES string of the molecule is CC(C)=C/C=C/C(C)=C/C=C/C(C)=C/CC/C(C)=C/CO[Si](C)(C)C(C)(C)C. The molecule has 0 aliphatic heterocycles. The number of allylic oxidation sites excluding steroid dienone is 11. The Bertz CT molecular complexity index is 642. The van der Waals surface area contributed by atoms with E-state index in [-0.39, 0.29) is 5.04 Å². The van der Waals surface area contributed by atoms with E-state index in [4.69, 9.17) is 4.43 Å². The van der Waals surface area contributed by atoms with Gasteiger partial charge in [0.2, 0.25) is 0 Å². The number of hydrogen-bond acceptors (Lipinski definition) is 1. The molecular formula is C26H44OSi. The minimum absolute atomic E-state index is 0.273. The summed E-state index contributed by atoms with van der Waals surface area (Å²) in [6.07, 6.45) is 19.5. The van der Waals surface area contributed by atoms with Crippen LogP contribution < -0.4 is 0 Å². The Balaban J connectivity index is 4.43. The van der Waals surface area contributed by atoms with Crippen molar-refractivity contribution in [2.45, 2.75) is 86.4 Å². The fourth-order valence-corrected chi connectivity index (χ4v) is 3.04. The summed E-state index contributed by atoms with van der Waals surface area (Å²) >= 11 is 0. The van der Waals surface area contributed by atoms with Gasteiger partial charge < -0.3 is 4.43 Å². The summed E-state index contributed by atoms with van der Waals surface area (Å²) in [6.45, 7) is 22.9. The van der Waals surface area contributed by atoms with Gasteiger partial charge in [-0.15, -0.1) is 0 Å². The van der Waals surface area contributed by atoms with E-state index >= 15 is 0 Å². The molecule has 0 aliphatic rings. The summed E-state index contributed by atoms with van der Waals surface area (Å²) < 4.78 is 6.23. The van der Waals surface area contributed by atoms with Crippen molar-refractivity contribution in [3.63, 3.8) is 0 Å². The van der Waals surface area contributed by atoms with E-state index in [0.717, 1.165) is 19.4 Å². The van der Waals surface area contributed by atoms with E-state index in [1.54, 1.807) is 0 Å². The van der Waals surface area contributed by atoms with Gasteiger partial charge in [-0.3, -0.25) is 0 Å². The maximum Gasteiger partial charge on any atom is 0.192 e. The zero-order valence-electron chi connectivity index (χ0n) is 20.1. The van der Waals surface area contributed by atoms with Crippen molar-refractivity contribution in [1.29, 1.82) is 0 Å². The van der Waals surface area contributed by atoms with Crippen LogP contribution in [0.4, 0.5) is 0 Å². The molecule has 0 saturated heterocycles. The molecule has 0 aromatic heterocycles. The van der Waals surface area contributed by atoms with Crippen molar-refractivity contribution >= 4 is 8.32 Å². The summed E-state index contributed by atoms with van der Waals surface area (Å²) in [5.74, 6) is 0. The van der Waals surface area contributed by atoms with Gasteiger partial charge in [-0.25, -0.2) is 0 Å². The smallest absolute Gasteiger partial charge is 0.192 e. The molecule has 158 valence electrons. The first-order valence-corrected chi connectivity index (χ1v) is 13.4. The Morgan fingerprint density at radius 1 is 0.821 bits per heavy atom. The maximum absolute atomic E-state index is 6.23. The van der Waals surface area contributed by atoms with Crippen LogP contribution in [0.5, 0.6) is 0 Å². The average Bonchev–Trinajstić information content (AvgIpc) is 2.53. The van der Waals surface area contributed by atoms with Gasteiger partial charge in [-0.2, -0.15) is 0 Å². The second-order valence-electron chi connectivity index (χ2n) is 9.48. The van der Waals surface area contributed by atoms with Crippen LogP contribution >= 0.6 is 0 Å². The predicted molar refractivity (Wildman–Crippen MR) is 131 cm³/mol. The van der Waals surface area contributed by atoms with Crippen molar-refractivity contribution in [2.24, 2.45) is 0 Å². The van der Waals surface area contributed by atoms with Gasteiger partial charge in [0.25, 0.3) is 0 Å². The zero-order valence-corrected chi connectivity index (χ0v) is 21.1. The monoisotopic (exact) mass is 400 g/mol. The highest BCUT2D eigenvalue weighted by atomic mass is 28.4. The van der Waals surface area contributed by atoms with E-state index in [9.17, 15) is 0 Å². The van der Waals surface area contributed by atoms with E-state index in [1.165, 1.54) is 22.3 Å². The maximum atomic E-state index is 6.23. The van der Waals surface area contributed by atoms with Crippen molar-refractivity contribution in [2.75, 3.05) is 6.61 Å². The van der Waals surface area contributed by atoms with Crippen LogP contribution in [0.3, 0.4) is 0 Å². The first-order valence-electron chi connectivity index (χ1n) is 10.5. The molecule has 0 aliphatic carbocycles. The number of rotatable bonds is 10. The Morgan fingerprint density at radius 3 is 1.96 bits per heavy atom. The van der Waals surface area contributed by atoms with Crippen LogP contribution in [0.15, 0.2) is 70.9 Å². The molecule has 0 spiro atoms. The lowest BCUT2D eigenvalue weighted by Crippen LogP contribution is -2.40. The molecule has 0 aromatic rings. The average molecular weight is 401 g/mol. The summed E-state index contributed by atoms with van der Waals surface area (Å²) in [6, 6.07) is 0. The highest BCUT2D eigenvalue weighted by Crippen LogP contribution is 2.36. The minimum Gasteiger partial charge on any atom is -0.413 e. The Kier molecular flexibility index (Phi) is 12.3. The molecule has 1 nitrogen and oxygen atoms in total. The van der Waals surface area contributed by atoms with Crippen LogP contribution in [0.25, 0.3) is 0 Å². The second kappa shape index (κ2) is 13.0. The first-order chi connectivity index (χ1) is 12.8. The van der Waals surface area contributed by atoms with E-state index in [0.29, 0.717) is 0 Å². The molecule has 0 unspecified atom stereocenters. The van der Waals surface area contributed by atoms with Gasteiger partial charge in [-0.05, 0) is 65.6 Å². The lowest BCUT2D eigenvalue weighted by molar-refractivity contribution is 0.327. The first kappa shape index (κ1) is 26.6. The molecule has 0 N–H and O–H groups in total. The van der Waals surface area contributed by atoms with E-state index in [1.807, 2.05) is 0 Å². The third-order valence-corrected chi connectivity index (χ3v) is 9.69. The fourth-order valence-electron chi connectivity index (χ4n) is 2.11. The Morgan fingerprint density at radius 2 is 1.39 bits per heavy atom. The molecule has 0 aromatic carbocycles. The van der Waals surface area contributed by atoms with Crippen LogP contribution in [0, 0.1) is 0 Å². The van der Waals surface area contributed by atoms with Crippen LogP contribution in [-0.2, 0) is 4.43 Å². The van der Waals surface area contributed by atoms with Gasteiger partial charge in [0.15, 0.2) is 8.32 Å². The van der Waals surface area contributed by atoms with Gasteiger partial charge in [0.05, 0.1) is 6.61 Å². The summed E-state index contributed by atoms with van der Waals surface area (Å²) in [5.41, 5.74) is 5.28. The largest absolute Gasteiger partial charge is 0.413 e. The highest BCUT2D eigenvalue weighted by molar-refractivity contribution is 6.74. The van der Waals surface area contributed by atoms with E-state index in [2.05, 4.69) is 117 Å². The second-order valence-corrected chi connectivity index (χ2v) is 14.3. The molecule has 0 saturated carbocycles. The van der Waals surface area contributed by atoms with E-state index < -0.39 is 8.32 Å². The third-order valence-electron chi connectivity index (χ3n) is 5.19. The molecule has 2 heteroatoms. The molecule has 0 amide bonds. The third kappa shape index (κ3) is 12.9. The molecule has 0 radical (unpaired) electrons. The molecule has 0 fully saturated rings. The predicted octanol–water partition coefficient (Wildman–Crippen LogP) is 8.71. The highest BCUT2D eigenvalue weighted by Gasteiger charge is 2.36. The van der Waals surface area contributed by atoms with Crippen molar-refractivity contribution < 1.29 is 4.43 Å². The molecule has 0 atom stereocenters. The molecule has 28 heavy (non-hydrogen) atoms. The van der Waals surface area contributed by atoms with Crippen molar-refractivity contribution in [1.82, 2.24) is 0 Å². The quantitative estimate of drug-likeness (QED) is 0.202. The van der Waals surface area contributed by atoms with Crippen LogP contribution in [-0.4, -0.2) is 14.9 Å². The van der Waals surface area contributed by atoms with Gasteiger partial charge in [-0.1, -0.05) is 91.7 Å². The lowest BCUT2D eigenvalue weighted by atomic mass is 10.1. The topological polar surface area (TPSA) is 9.23 Å². The van der Waals surface area contributed by atoms with Crippen molar-refractivity contribution in [3.05, 3.63) is 70.9 Å². The van der Waals surface area contributed by atoms with Gasteiger partial charge >= 0.3 is 0 Å². The lowest BCUT2D eigenvalue weighted by Gasteiger charge is -2.35. The molecular weight excluding hydrogens is 356 g/mol. The molecule has 0 heterocycles. The Hall–Kier alpha value is -1.38. The normalized spacial score (nSPS) is 15.0. The number of hydrogen-bond donors (Lipinski definition) is 0. The fraction of sp³-hybridized carbons (Fsp3) is 0.538.